The number of nitrogens with one attached hydrogen (secondary N) is 2. The highest BCUT2D eigenvalue weighted by Crippen LogP contribution is 2.26. The Morgan fingerprint density at radius 2 is 1.81 bits per heavy atom. The van der Waals surface area contributed by atoms with Crippen molar-refractivity contribution < 1.29 is 19.1 Å². The Morgan fingerprint density at radius 1 is 1.14 bits per heavy atom. The Balaban J connectivity index is 2.65. The van der Waals surface area contributed by atoms with Gasteiger partial charge in [-0.15, -0.1) is 0 Å². The second-order valence-corrected chi connectivity index (χ2v) is 4.44. The van der Waals surface area contributed by atoms with E-state index in [1.54, 1.807) is 39.2 Å². The van der Waals surface area contributed by atoms with Gasteiger partial charge in [-0.05, 0) is 37.6 Å². The van der Waals surface area contributed by atoms with Crippen LogP contribution in [0.5, 0.6) is 11.5 Å². The summed E-state index contributed by atoms with van der Waals surface area (Å²) < 4.78 is 10.3. The van der Waals surface area contributed by atoms with Crippen molar-refractivity contribution in [1.82, 2.24) is 10.7 Å². The molecule has 0 radical (unpaired) electrons. The van der Waals surface area contributed by atoms with E-state index in [9.17, 15) is 9.59 Å². The lowest BCUT2D eigenvalue weighted by Gasteiger charge is -2.07. The van der Waals surface area contributed by atoms with Crippen molar-refractivity contribution in [3.8, 4) is 11.5 Å². The molecule has 0 aliphatic carbocycles. The number of ether oxygens (including phenoxy) is 2. The van der Waals surface area contributed by atoms with Crippen molar-refractivity contribution >= 4 is 18.0 Å². The molecule has 0 fully saturated rings. The van der Waals surface area contributed by atoms with Crippen LogP contribution in [0.3, 0.4) is 0 Å². The van der Waals surface area contributed by atoms with Crippen LogP contribution in [0.15, 0.2) is 23.3 Å². The van der Waals surface area contributed by atoms with E-state index in [1.807, 2.05) is 0 Å². The molecule has 0 saturated heterocycles. The van der Waals surface area contributed by atoms with E-state index in [-0.39, 0.29) is 6.04 Å². The zero-order valence-corrected chi connectivity index (χ0v) is 12.5. The van der Waals surface area contributed by atoms with E-state index >= 15 is 0 Å². The van der Waals surface area contributed by atoms with E-state index in [0.717, 1.165) is 0 Å². The first-order valence-electron chi connectivity index (χ1n) is 6.33. The summed E-state index contributed by atoms with van der Waals surface area (Å²) in [7, 11) is 3.07. The average molecular weight is 293 g/mol. The molecule has 21 heavy (non-hydrogen) atoms. The van der Waals surface area contributed by atoms with Crippen LogP contribution in [0.1, 0.15) is 19.4 Å². The molecule has 1 aromatic carbocycles. The molecule has 0 bridgehead atoms. The topological polar surface area (TPSA) is 89.0 Å². The maximum Gasteiger partial charge on any atom is 0.329 e. The summed E-state index contributed by atoms with van der Waals surface area (Å²) in [5.74, 6) is -0.407. The Hall–Kier alpha value is -2.57. The Bertz CT molecular complexity index is 541. The van der Waals surface area contributed by atoms with Gasteiger partial charge in [0.05, 0.1) is 20.4 Å². The molecule has 1 rings (SSSR count). The largest absolute Gasteiger partial charge is 0.493 e. The van der Waals surface area contributed by atoms with Crippen molar-refractivity contribution in [3.05, 3.63) is 23.8 Å². The summed E-state index contributed by atoms with van der Waals surface area (Å²) in [6.07, 6.45) is 1.41. The number of methoxy groups -OCH3 is 2. The summed E-state index contributed by atoms with van der Waals surface area (Å²) in [5.41, 5.74) is 2.84. The number of hydrazone groups is 1. The van der Waals surface area contributed by atoms with E-state index in [0.29, 0.717) is 17.1 Å². The van der Waals surface area contributed by atoms with Crippen molar-refractivity contribution in [2.75, 3.05) is 14.2 Å². The Morgan fingerprint density at radius 3 is 2.38 bits per heavy atom. The van der Waals surface area contributed by atoms with Crippen LogP contribution in [-0.2, 0) is 9.59 Å². The number of hydrogen-bond acceptors (Lipinski definition) is 5. The third-order valence-electron chi connectivity index (χ3n) is 2.41. The minimum absolute atomic E-state index is 0.113. The zero-order valence-electron chi connectivity index (χ0n) is 12.5. The Labute approximate surface area is 123 Å². The summed E-state index contributed by atoms with van der Waals surface area (Å²) in [5, 5.41) is 6.18. The molecular weight excluding hydrogens is 274 g/mol. The molecule has 7 heteroatoms. The minimum Gasteiger partial charge on any atom is -0.493 e. The molecule has 0 aliphatic rings. The first kappa shape index (κ1) is 16.5. The number of amides is 2. The molecule has 114 valence electrons. The van der Waals surface area contributed by atoms with E-state index in [4.69, 9.17) is 9.47 Å². The Kier molecular flexibility index (Phi) is 6.19. The smallest absolute Gasteiger partial charge is 0.329 e. The number of nitrogens with zero attached hydrogens (tertiary/aromatic N) is 1. The fraction of sp³-hybridized carbons (Fsp3) is 0.357. The van der Waals surface area contributed by atoms with Gasteiger partial charge in [0.2, 0.25) is 0 Å². The average Bonchev–Trinajstić information content (AvgIpc) is 2.46. The minimum atomic E-state index is -0.819. The third kappa shape index (κ3) is 5.13. The molecule has 0 aromatic heterocycles. The first-order chi connectivity index (χ1) is 9.97. The lowest BCUT2D eigenvalue weighted by atomic mass is 10.2. The lowest BCUT2D eigenvalue weighted by Crippen LogP contribution is -2.41. The van der Waals surface area contributed by atoms with Crippen LogP contribution in [0.2, 0.25) is 0 Å². The maximum absolute atomic E-state index is 11.4. The van der Waals surface area contributed by atoms with Crippen LogP contribution < -0.4 is 20.2 Å². The predicted molar refractivity (Wildman–Crippen MR) is 78.6 cm³/mol. The van der Waals surface area contributed by atoms with Gasteiger partial charge in [0.25, 0.3) is 0 Å². The fourth-order valence-electron chi connectivity index (χ4n) is 1.48. The maximum atomic E-state index is 11.4. The molecule has 1 aromatic rings. The van der Waals surface area contributed by atoms with E-state index < -0.39 is 11.8 Å². The van der Waals surface area contributed by atoms with Gasteiger partial charge in [0.15, 0.2) is 11.5 Å². The van der Waals surface area contributed by atoms with Crippen LogP contribution >= 0.6 is 0 Å². The lowest BCUT2D eigenvalue weighted by molar-refractivity contribution is -0.139. The highest BCUT2D eigenvalue weighted by atomic mass is 16.5. The van der Waals surface area contributed by atoms with Gasteiger partial charge >= 0.3 is 11.8 Å². The van der Waals surface area contributed by atoms with Gasteiger partial charge in [-0.1, -0.05) is 0 Å². The number of hydrogen-bond donors (Lipinski definition) is 2. The van der Waals surface area contributed by atoms with Gasteiger partial charge in [-0.25, -0.2) is 5.43 Å². The van der Waals surface area contributed by atoms with Crippen LogP contribution in [0, 0.1) is 0 Å². The van der Waals surface area contributed by atoms with Gasteiger partial charge in [0.1, 0.15) is 0 Å². The standard InChI is InChI=1S/C14H19N3O4/c1-9(2)16-13(18)14(19)17-15-8-10-5-6-11(20-3)12(7-10)21-4/h5-9H,1-4H3,(H,16,18)(H,17,19)/b15-8+. The van der Waals surface area contributed by atoms with Crippen LogP contribution in [-0.4, -0.2) is 38.3 Å². The van der Waals surface area contributed by atoms with E-state index in [1.165, 1.54) is 13.3 Å². The van der Waals surface area contributed by atoms with Crippen molar-refractivity contribution in [2.45, 2.75) is 19.9 Å². The highest BCUT2D eigenvalue weighted by molar-refractivity contribution is 6.35. The molecule has 0 saturated carbocycles. The van der Waals surface area contributed by atoms with Crippen LogP contribution in [0.25, 0.3) is 0 Å². The van der Waals surface area contributed by atoms with Crippen molar-refractivity contribution in [3.63, 3.8) is 0 Å². The number of benzene rings is 1. The molecule has 0 unspecified atom stereocenters. The second kappa shape index (κ2) is 7.88. The normalized spacial score (nSPS) is 10.5. The number of carbonyl (C=O) groups is 2. The third-order valence-corrected chi connectivity index (χ3v) is 2.41. The summed E-state index contributed by atoms with van der Waals surface area (Å²) >= 11 is 0. The second-order valence-electron chi connectivity index (χ2n) is 4.44. The van der Waals surface area contributed by atoms with Gasteiger partial charge in [-0.3, -0.25) is 9.59 Å². The molecule has 7 nitrogen and oxygen atoms in total. The molecule has 0 heterocycles. The van der Waals surface area contributed by atoms with E-state index in [2.05, 4.69) is 15.8 Å². The van der Waals surface area contributed by atoms with Crippen molar-refractivity contribution in [2.24, 2.45) is 5.10 Å². The SMILES string of the molecule is COc1ccc(/C=N/NC(=O)C(=O)NC(C)C)cc1OC. The number of rotatable bonds is 5. The molecule has 0 spiro atoms. The number of carbonyl (C=O) groups excluding carboxylic acids is 2. The van der Waals surface area contributed by atoms with Gasteiger partial charge < -0.3 is 14.8 Å². The molecule has 0 aliphatic heterocycles. The van der Waals surface area contributed by atoms with Crippen LogP contribution in [0.4, 0.5) is 0 Å². The quantitative estimate of drug-likeness (QED) is 0.474. The van der Waals surface area contributed by atoms with Gasteiger partial charge in [-0.2, -0.15) is 5.10 Å². The zero-order chi connectivity index (χ0) is 15.8. The highest BCUT2D eigenvalue weighted by Gasteiger charge is 2.12. The monoisotopic (exact) mass is 293 g/mol. The van der Waals surface area contributed by atoms with Gasteiger partial charge in [0, 0.05) is 6.04 Å². The molecule has 0 atom stereocenters. The molecule has 2 N–H and O–H groups in total. The summed E-state index contributed by atoms with van der Waals surface area (Å²) in [6.45, 7) is 3.52. The first-order valence-corrected chi connectivity index (χ1v) is 6.33. The predicted octanol–water partition coefficient (Wildman–Crippen LogP) is 0.678. The summed E-state index contributed by atoms with van der Waals surface area (Å²) in [6, 6.07) is 5.04. The molecular formula is C14H19N3O4. The summed E-state index contributed by atoms with van der Waals surface area (Å²) in [4.78, 5) is 22.8. The fourth-order valence-corrected chi connectivity index (χ4v) is 1.48. The van der Waals surface area contributed by atoms with Crippen molar-refractivity contribution in [1.29, 1.82) is 0 Å². The molecule has 2 amide bonds.